The number of methoxy groups -OCH3 is 1. The van der Waals surface area contributed by atoms with E-state index in [1.165, 1.54) is 19.2 Å². The first-order chi connectivity index (χ1) is 7.63. The van der Waals surface area contributed by atoms with Gasteiger partial charge in [0.15, 0.2) is 0 Å². The maximum absolute atomic E-state index is 11.1. The van der Waals surface area contributed by atoms with Gasteiger partial charge in [-0.25, -0.2) is 0 Å². The Hall–Kier alpha value is -1.95. The number of amides is 1. The minimum Gasteiger partial charge on any atom is -0.375 e. The Morgan fingerprint density at radius 2 is 2.31 bits per heavy atom. The molecule has 0 radical (unpaired) electrons. The Balaban J connectivity index is 2.57. The highest BCUT2D eigenvalue weighted by atomic mass is 16.6. The number of nitro benzene ring substituents is 1. The largest absolute Gasteiger partial charge is 0.375 e. The summed E-state index contributed by atoms with van der Waals surface area (Å²) < 4.78 is 4.63. The first-order valence-corrected chi connectivity index (χ1v) is 4.62. The van der Waals surface area contributed by atoms with E-state index in [9.17, 15) is 14.9 Å². The lowest BCUT2D eigenvalue weighted by Crippen LogP contribution is -2.26. The molecule has 0 bridgehead atoms. The van der Waals surface area contributed by atoms with Gasteiger partial charge in [0.1, 0.15) is 6.61 Å². The Morgan fingerprint density at radius 1 is 1.56 bits per heavy atom. The van der Waals surface area contributed by atoms with Gasteiger partial charge in [0.25, 0.3) is 5.69 Å². The van der Waals surface area contributed by atoms with Crippen molar-refractivity contribution in [2.45, 2.75) is 6.54 Å². The molecule has 0 fully saturated rings. The smallest absolute Gasteiger partial charge is 0.269 e. The number of benzene rings is 1. The van der Waals surface area contributed by atoms with Crippen molar-refractivity contribution in [3.8, 4) is 0 Å². The number of nitrogens with zero attached hydrogens (tertiary/aromatic N) is 1. The molecule has 0 aliphatic heterocycles. The zero-order valence-electron chi connectivity index (χ0n) is 8.80. The minimum atomic E-state index is -0.472. The van der Waals surface area contributed by atoms with Gasteiger partial charge in [-0.1, -0.05) is 12.1 Å². The molecule has 0 aliphatic rings. The van der Waals surface area contributed by atoms with E-state index >= 15 is 0 Å². The number of ether oxygens (including phenoxy) is 1. The molecule has 1 amide bonds. The molecule has 0 aliphatic carbocycles. The Bertz CT molecular complexity index is 392. The Labute approximate surface area is 92.4 Å². The number of rotatable bonds is 5. The number of nitrogens with one attached hydrogen (secondary N) is 1. The fraction of sp³-hybridized carbons (Fsp3) is 0.300. The van der Waals surface area contributed by atoms with E-state index in [0.717, 1.165) is 0 Å². The van der Waals surface area contributed by atoms with E-state index in [-0.39, 0.29) is 24.7 Å². The first-order valence-electron chi connectivity index (χ1n) is 4.62. The van der Waals surface area contributed by atoms with Crippen molar-refractivity contribution in [2.24, 2.45) is 0 Å². The van der Waals surface area contributed by atoms with E-state index in [1.54, 1.807) is 12.1 Å². The monoisotopic (exact) mass is 224 g/mol. The summed E-state index contributed by atoms with van der Waals surface area (Å²) in [6.07, 6.45) is 0. The number of carbonyl (C=O) groups is 1. The molecule has 86 valence electrons. The molecule has 6 heteroatoms. The zero-order valence-corrected chi connectivity index (χ0v) is 8.80. The topological polar surface area (TPSA) is 81.5 Å². The average Bonchev–Trinajstić information content (AvgIpc) is 2.27. The SMILES string of the molecule is COCC(=O)NCc1cccc([N+](=O)[O-])c1. The van der Waals surface area contributed by atoms with Gasteiger partial charge in [-0.05, 0) is 5.56 Å². The Kier molecular flexibility index (Phi) is 4.41. The third-order valence-electron chi connectivity index (χ3n) is 1.89. The van der Waals surface area contributed by atoms with Crippen molar-refractivity contribution in [3.05, 3.63) is 39.9 Å². The van der Waals surface area contributed by atoms with Crippen LogP contribution in [0, 0.1) is 10.1 Å². The van der Waals surface area contributed by atoms with Crippen LogP contribution >= 0.6 is 0 Å². The van der Waals surface area contributed by atoms with Gasteiger partial charge in [-0.2, -0.15) is 0 Å². The molecule has 0 heterocycles. The highest BCUT2D eigenvalue weighted by Crippen LogP contribution is 2.12. The molecule has 1 aromatic carbocycles. The average molecular weight is 224 g/mol. The lowest BCUT2D eigenvalue weighted by atomic mass is 10.2. The Morgan fingerprint density at radius 3 is 2.94 bits per heavy atom. The highest BCUT2D eigenvalue weighted by Gasteiger charge is 2.06. The summed E-state index contributed by atoms with van der Waals surface area (Å²) in [6, 6.07) is 6.11. The fourth-order valence-corrected chi connectivity index (χ4v) is 1.16. The number of non-ortho nitro benzene ring substituents is 1. The molecule has 6 nitrogen and oxygen atoms in total. The summed E-state index contributed by atoms with van der Waals surface area (Å²) in [5.74, 6) is -0.256. The van der Waals surface area contributed by atoms with Gasteiger partial charge < -0.3 is 10.1 Å². The van der Waals surface area contributed by atoms with E-state index in [1.807, 2.05) is 0 Å². The number of nitro groups is 1. The van der Waals surface area contributed by atoms with Crippen LogP contribution in [0.25, 0.3) is 0 Å². The van der Waals surface area contributed by atoms with Crippen molar-refractivity contribution in [1.82, 2.24) is 5.32 Å². The summed E-state index contributed by atoms with van der Waals surface area (Å²) in [7, 11) is 1.42. The van der Waals surface area contributed by atoms with Gasteiger partial charge in [0.05, 0.1) is 4.92 Å². The van der Waals surface area contributed by atoms with Crippen molar-refractivity contribution in [3.63, 3.8) is 0 Å². The van der Waals surface area contributed by atoms with Crippen LogP contribution in [-0.2, 0) is 16.1 Å². The van der Waals surface area contributed by atoms with Crippen molar-refractivity contribution in [2.75, 3.05) is 13.7 Å². The number of carbonyl (C=O) groups excluding carboxylic acids is 1. The van der Waals surface area contributed by atoms with Gasteiger partial charge >= 0.3 is 0 Å². The number of hydrogen-bond acceptors (Lipinski definition) is 4. The quantitative estimate of drug-likeness (QED) is 0.594. The molecule has 1 aromatic rings. The lowest BCUT2D eigenvalue weighted by molar-refractivity contribution is -0.384. The molecule has 0 aromatic heterocycles. The second kappa shape index (κ2) is 5.82. The highest BCUT2D eigenvalue weighted by molar-refractivity contribution is 5.77. The summed E-state index contributed by atoms with van der Waals surface area (Å²) in [5, 5.41) is 13.1. The molecular formula is C10H12N2O4. The van der Waals surface area contributed by atoms with Crippen LogP contribution in [0.15, 0.2) is 24.3 Å². The van der Waals surface area contributed by atoms with Gasteiger partial charge in [-0.3, -0.25) is 14.9 Å². The van der Waals surface area contributed by atoms with E-state index in [2.05, 4.69) is 10.1 Å². The molecule has 16 heavy (non-hydrogen) atoms. The van der Waals surface area contributed by atoms with Crippen LogP contribution in [0.3, 0.4) is 0 Å². The molecular weight excluding hydrogens is 212 g/mol. The van der Waals surface area contributed by atoms with Crippen LogP contribution in [-0.4, -0.2) is 24.5 Å². The summed E-state index contributed by atoms with van der Waals surface area (Å²) in [4.78, 5) is 21.1. The van der Waals surface area contributed by atoms with Gasteiger partial charge in [-0.15, -0.1) is 0 Å². The number of hydrogen-bond donors (Lipinski definition) is 1. The van der Waals surface area contributed by atoms with Crippen LogP contribution < -0.4 is 5.32 Å². The van der Waals surface area contributed by atoms with Crippen molar-refractivity contribution >= 4 is 11.6 Å². The summed E-state index contributed by atoms with van der Waals surface area (Å²) in [6.45, 7) is 0.235. The predicted molar refractivity (Wildman–Crippen MR) is 56.8 cm³/mol. The molecule has 1 rings (SSSR count). The van der Waals surface area contributed by atoms with Crippen molar-refractivity contribution < 1.29 is 14.5 Å². The van der Waals surface area contributed by atoms with Crippen LogP contribution in [0.4, 0.5) is 5.69 Å². The molecule has 0 spiro atoms. The fourth-order valence-electron chi connectivity index (χ4n) is 1.16. The predicted octanol–water partition coefficient (Wildman–Crippen LogP) is 0.857. The maximum Gasteiger partial charge on any atom is 0.269 e. The van der Waals surface area contributed by atoms with E-state index in [4.69, 9.17) is 0 Å². The summed E-state index contributed by atoms with van der Waals surface area (Å²) >= 11 is 0. The first kappa shape index (κ1) is 12.1. The van der Waals surface area contributed by atoms with Gasteiger partial charge in [0, 0.05) is 25.8 Å². The molecule has 1 N–H and O–H groups in total. The molecule has 0 unspecified atom stereocenters. The summed E-state index contributed by atoms with van der Waals surface area (Å²) in [5.41, 5.74) is 0.692. The zero-order chi connectivity index (χ0) is 12.0. The van der Waals surface area contributed by atoms with Crippen molar-refractivity contribution in [1.29, 1.82) is 0 Å². The van der Waals surface area contributed by atoms with Crippen LogP contribution in [0.1, 0.15) is 5.56 Å². The lowest BCUT2D eigenvalue weighted by Gasteiger charge is -2.04. The maximum atomic E-state index is 11.1. The van der Waals surface area contributed by atoms with E-state index in [0.29, 0.717) is 5.56 Å². The normalized spacial score (nSPS) is 9.81. The van der Waals surface area contributed by atoms with Crippen LogP contribution in [0.2, 0.25) is 0 Å². The van der Waals surface area contributed by atoms with E-state index < -0.39 is 4.92 Å². The van der Waals surface area contributed by atoms with Crippen LogP contribution in [0.5, 0.6) is 0 Å². The minimum absolute atomic E-state index is 0.0125. The second-order valence-corrected chi connectivity index (χ2v) is 3.14. The molecule has 0 saturated carbocycles. The van der Waals surface area contributed by atoms with Gasteiger partial charge in [0.2, 0.25) is 5.91 Å². The third-order valence-corrected chi connectivity index (χ3v) is 1.89. The second-order valence-electron chi connectivity index (χ2n) is 3.14. The molecule has 0 atom stereocenters. The third kappa shape index (κ3) is 3.66. The molecule has 0 saturated heterocycles. The standard InChI is InChI=1S/C10H12N2O4/c1-16-7-10(13)11-6-8-3-2-4-9(5-8)12(14)15/h2-5H,6-7H2,1H3,(H,11,13).